The lowest BCUT2D eigenvalue weighted by atomic mass is 10.0. The van der Waals surface area contributed by atoms with Crippen molar-refractivity contribution in [2.75, 3.05) is 18.4 Å². The summed E-state index contributed by atoms with van der Waals surface area (Å²) in [6.45, 7) is 2.44. The molecular weight excluding hydrogens is 302 g/mol. The van der Waals surface area contributed by atoms with E-state index in [0.717, 1.165) is 25.0 Å². The summed E-state index contributed by atoms with van der Waals surface area (Å²) in [7, 11) is 0. The molecule has 1 aliphatic heterocycles. The quantitative estimate of drug-likeness (QED) is 0.685. The molecule has 6 nitrogen and oxygen atoms in total. The maximum Gasteiger partial charge on any atom is 0.222 e. The number of anilines is 1. The molecule has 3 N–H and O–H groups in total. The molecule has 1 saturated heterocycles. The molecule has 1 aromatic carbocycles. The van der Waals surface area contributed by atoms with Gasteiger partial charge in [-0.2, -0.15) is 0 Å². The normalized spacial score (nSPS) is 21.9. The molecule has 0 spiro atoms. The van der Waals surface area contributed by atoms with E-state index in [-0.39, 0.29) is 6.04 Å². The molecule has 0 aliphatic carbocycles. The number of H-pyrrole nitrogens is 1. The van der Waals surface area contributed by atoms with Crippen molar-refractivity contribution in [1.82, 2.24) is 19.9 Å². The largest absolute Gasteiger partial charge is 0.390 e. The first-order chi connectivity index (χ1) is 11.8. The lowest BCUT2D eigenvalue weighted by molar-refractivity contribution is 0.0559. The van der Waals surface area contributed by atoms with E-state index in [0.29, 0.717) is 12.5 Å². The first kappa shape index (κ1) is 15.1. The number of piperidine rings is 1. The van der Waals surface area contributed by atoms with Crippen molar-refractivity contribution in [1.29, 1.82) is 0 Å². The van der Waals surface area contributed by atoms with Gasteiger partial charge in [0.2, 0.25) is 5.95 Å². The highest BCUT2D eigenvalue weighted by molar-refractivity contribution is 5.79. The van der Waals surface area contributed by atoms with E-state index in [1.165, 1.54) is 10.9 Å². The molecule has 124 valence electrons. The van der Waals surface area contributed by atoms with Crippen LogP contribution < -0.4 is 5.32 Å². The maximum atomic E-state index is 10.5. The van der Waals surface area contributed by atoms with Crippen LogP contribution in [0.15, 0.2) is 48.9 Å². The van der Waals surface area contributed by atoms with Crippen LogP contribution in [-0.4, -0.2) is 50.2 Å². The van der Waals surface area contributed by atoms with Gasteiger partial charge >= 0.3 is 0 Å². The van der Waals surface area contributed by atoms with Gasteiger partial charge in [-0.3, -0.25) is 4.90 Å². The number of nitrogens with zero attached hydrogens (tertiary/aromatic N) is 3. The zero-order valence-electron chi connectivity index (χ0n) is 13.4. The minimum atomic E-state index is -0.432. The number of aliphatic hydroxyl groups is 1. The van der Waals surface area contributed by atoms with Gasteiger partial charge in [-0.25, -0.2) is 9.97 Å². The molecule has 2 aromatic heterocycles. The van der Waals surface area contributed by atoms with Crippen LogP contribution in [0.1, 0.15) is 12.0 Å². The SMILES string of the molecule is O[C@@H]1CN(Cc2ccc3[nH]ccc3c2)CC[C@H]1Nc1ncccn1. The van der Waals surface area contributed by atoms with Gasteiger partial charge in [0.1, 0.15) is 0 Å². The minimum Gasteiger partial charge on any atom is -0.390 e. The predicted octanol–water partition coefficient (Wildman–Crippen LogP) is 2.01. The zero-order chi connectivity index (χ0) is 16.4. The molecule has 0 unspecified atom stereocenters. The number of likely N-dealkylation sites (tertiary alicyclic amines) is 1. The summed E-state index contributed by atoms with van der Waals surface area (Å²) in [5.41, 5.74) is 2.43. The van der Waals surface area contributed by atoms with E-state index >= 15 is 0 Å². The Labute approximate surface area is 140 Å². The minimum absolute atomic E-state index is 0.00389. The number of hydrogen-bond donors (Lipinski definition) is 3. The summed E-state index contributed by atoms with van der Waals surface area (Å²) in [5, 5.41) is 14.9. The Morgan fingerprint density at radius 3 is 2.96 bits per heavy atom. The van der Waals surface area contributed by atoms with Gasteiger partial charge in [-0.15, -0.1) is 0 Å². The second-order valence-corrected chi connectivity index (χ2v) is 6.31. The van der Waals surface area contributed by atoms with E-state index in [1.807, 2.05) is 6.20 Å². The molecular formula is C18H21N5O. The first-order valence-corrected chi connectivity index (χ1v) is 8.28. The third-order valence-corrected chi connectivity index (χ3v) is 4.57. The standard InChI is InChI=1S/C18H21N5O/c24-17-12-23(9-5-16(17)22-18-20-6-1-7-21-18)11-13-2-3-15-14(10-13)4-8-19-15/h1-4,6-8,10,16-17,19,24H,5,9,11-12H2,(H,20,21,22)/t16-,17-/m1/s1. The lowest BCUT2D eigenvalue weighted by Gasteiger charge is -2.36. The van der Waals surface area contributed by atoms with E-state index in [2.05, 4.69) is 49.4 Å². The Balaban J connectivity index is 1.37. The van der Waals surface area contributed by atoms with Crippen LogP contribution in [-0.2, 0) is 6.54 Å². The van der Waals surface area contributed by atoms with E-state index in [4.69, 9.17) is 0 Å². The molecule has 24 heavy (non-hydrogen) atoms. The van der Waals surface area contributed by atoms with Crippen LogP contribution in [0.4, 0.5) is 5.95 Å². The fourth-order valence-corrected chi connectivity index (χ4v) is 3.31. The number of β-amino-alcohol motifs (C(OH)–C–C–N with tert-alkyl or cyclic N) is 1. The highest BCUT2D eigenvalue weighted by Gasteiger charge is 2.28. The van der Waals surface area contributed by atoms with Crippen LogP contribution in [0.3, 0.4) is 0 Å². The highest BCUT2D eigenvalue weighted by Crippen LogP contribution is 2.19. The highest BCUT2D eigenvalue weighted by atomic mass is 16.3. The lowest BCUT2D eigenvalue weighted by Crippen LogP contribution is -2.49. The van der Waals surface area contributed by atoms with E-state index < -0.39 is 6.10 Å². The van der Waals surface area contributed by atoms with Crippen molar-refractivity contribution in [3.63, 3.8) is 0 Å². The summed E-state index contributed by atoms with van der Waals surface area (Å²) >= 11 is 0. The van der Waals surface area contributed by atoms with Crippen LogP contribution in [0, 0.1) is 0 Å². The number of aliphatic hydroxyl groups excluding tert-OH is 1. The molecule has 1 aliphatic rings. The molecule has 2 atom stereocenters. The Hall–Kier alpha value is -2.44. The van der Waals surface area contributed by atoms with Crippen LogP contribution in [0.5, 0.6) is 0 Å². The van der Waals surface area contributed by atoms with E-state index in [9.17, 15) is 5.11 Å². The maximum absolute atomic E-state index is 10.5. The van der Waals surface area contributed by atoms with Gasteiger partial charge in [0.25, 0.3) is 0 Å². The first-order valence-electron chi connectivity index (χ1n) is 8.28. The molecule has 0 saturated carbocycles. The van der Waals surface area contributed by atoms with Crippen molar-refractivity contribution in [3.8, 4) is 0 Å². The number of nitrogens with one attached hydrogen (secondary N) is 2. The van der Waals surface area contributed by atoms with Crippen LogP contribution in [0.2, 0.25) is 0 Å². The third-order valence-electron chi connectivity index (χ3n) is 4.57. The molecule has 6 heteroatoms. The molecule has 4 rings (SSSR count). The number of hydrogen-bond acceptors (Lipinski definition) is 5. The van der Waals surface area contributed by atoms with Gasteiger partial charge < -0.3 is 15.4 Å². The van der Waals surface area contributed by atoms with Gasteiger partial charge in [0.05, 0.1) is 12.1 Å². The molecule has 1 fully saturated rings. The van der Waals surface area contributed by atoms with Crippen LogP contribution in [0.25, 0.3) is 10.9 Å². The number of aromatic nitrogens is 3. The molecule has 0 amide bonds. The monoisotopic (exact) mass is 323 g/mol. The van der Waals surface area contributed by atoms with Gasteiger partial charge in [0.15, 0.2) is 0 Å². The second kappa shape index (κ2) is 6.59. The second-order valence-electron chi connectivity index (χ2n) is 6.31. The fraction of sp³-hybridized carbons (Fsp3) is 0.333. The zero-order valence-corrected chi connectivity index (χ0v) is 13.4. The number of rotatable bonds is 4. The smallest absolute Gasteiger partial charge is 0.222 e. The molecule has 3 aromatic rings. The molecule has 0 radical (unpaired) electrons. The average Bonchev–Trinajstić information content (AvgIpc) is 3.06. The van der Waals surface area contributed by atoms with E-state index in [1.54, 1.807) is 18.5 Å². The average molecular weight is 323 g/mol. The summed E-state index contributed by atoms with van der Waals surface area (Å²) in [6.07, 6.45) is 5.80. The summed E-state index contributed by atoms with van der Waals surface area (Å²) in [6, 6.07) is 10.3. The van der Waals surface area contributed by atoms with Crippen molar-refractivity contribution in [2.24, 2.45) is 0 Å². The molecule has 0 bridgehead atoms. The van der Waals surface area contributed by atoms with Gasteiger partial charge in [0, 0.05) is 43.7 Å². The summed E-state index contributed by atoms with van der Waals surface area (Å²) < 4.78 is 0. The van der Waals surface area contributed by atoms with Crippen molar-refractivity contribution < 1.29 is 5.11 Å². The Morgan fingerprint density at radius 1 is 1.25 bits per heavy atom. The number of fused-ring (bicyclic) bond motifs is 1. The van der Waals surface area contributed by atoms with Gasteiger partial charge in [-0.1, -0.05) is 6.07 Å². The topological polar surface area (TPSA) is 77.1 Å². The van der Waals surface area contributed by atoms with Crippen molar-refractivity contribution in [3.05, 3.63) is 54.5 Å². The van der Waals surface area contributed by atoms with Crippen molar-refractivity contribution >= 4 is 16.9 Å². The summed E-state index contributed by atoms with van der Waals surface area (Å²) in [4.78, 5) is 13.8. The predicted molar refractivity (Wildman–Crippen MR) is 93.6 cm³/mol. The Bertz CT molecular complexity index is 803. The van der Waals surface area contributed by atoms with Gasteiger partial charge in [-0.05, 0) is 41.6 Å². The summed E-state index contributed by atoms with van der Waals surface area (Å²) in [5.74, 6) is 0.577. The Morgan fingerprint density at radius 2 is 2.12 bits per heavy atom. The molecule has 3 heterocycles. The fourth-order valence-electron chi connectivity index (χ4n) is 3.31. The third kappa shape index (κ3) is 3.25. The number of benzene rings is 1. The van der Waals surface area contributed by atoms with Crippen LogP contribution >= 0.6 is 0 Å². The number of aromatic amines is 1. The Kier molecular flexibility index (Phi) is 4.15. The van der Waals surface area contributed by atoms with Crippen molar-refractivity contribution in [2.45, 2.75) is 25.1 Å².